The number of halogens is 1. The third-order valence-corrected chi connectivity index (χ3v) is 4.91. The third-order valence-electron chi connectivity index (χ3n) is 4.38. The van der Waals surface area contributed by atoms with E-state index in [0.29, 0.717) is 21.8 Å². The van der Waals surface area contributed by atoms with Gasteiger partial charge in [0.15, 0.2) is 5.11 Å². The van der Waals surface area contributed by atoms with Gasteiger partial charge in [-0.25, -0.2) is 0 Å². The second-order valence-electron chi connectivity index (χ2n) is 6.57. The molecular formula is C23H20ClN3O2S. The second-order valence-corrected chi connectivity index (χ2v) is 7.39. The highest BCUT2D eigenvalue weighted by atomic mass is 35.5. The standard InChI is InChI=1S/C23H20ClN3O2S/c1-15(16-8-3-2-4-9-16)25-21(28)17-10-7-11-18(14-17)26-23(30)27-22(29)19-12-5-6-13-20(19)24/h2-15H,1H3,(H,25,28)(H2,26,27,29,30). The lowest BCUT2D eigenvalue weighted by atomic mass is 10.1. The molecule has 152 valence electrons. The van der Waals surface area contributed by atoms with Gasteiger partial charge in [0.05, 0.1) is 16.6 Å². The first-order valence-corrected chi connectivity index (χ1v) is 10.1. The Balaban J connectivity index is 1.62. The van der Waals surface area contributed by atoms with Crippen LogP contribution in [0, 0.1) is 0 Å². The maximum Gasteiger partial charge on any atom is 0.258 e. The summed E-state index contributed by atoms with van der Waals surface area (Å²) in [5.41, 5.74) is 2.40. The molecule has 0 bridgehead atoms. The molecule has 3 N–H and O–H groups in total. The van der Waals surface area contributed by atoms with E-state index in [0.717, 1.165) is 5.56 Å². The Kier molecular flexibility index (Phi) is 7.17. The largest absolute Gasteiger partial charge is 0.346 e. The van der Waals surface area contributed by atoms with Gasteiger partial charge in [-0.05, 0) is 55.0 Å². The Morgan fingerprint density at radius 3 is 2.33 bits per heavy atom. The van der Waals surface area contributed by atoms with Crippen LogP contribution in [0.3, 0.4) is 0 Å². The van der Waals surface area contributed by atoms with E-state index in [1.807, 2.05) is 37.3 Å². The molecule has 7 heteroatoms. The zero-order valence-corrected chi connectivity index (χ0v) is 17.8. The highest BCUT2D eigenvalue weighted by molar-refractivity contribution is 7.80. The van der Waals surface area contributed by atoms with Gasteiger partial charge in [0.1, 0.15) is 0 Å². The van der Waals surface area contributed by atoms with Crippen molar-refractivity contribution in [3.8, 4) is 0 Å². The summed E-state index contributed by atoms with van der Waals surface area (Å²) >= 11 is 11.2. The first kappa shape index (κ1) is 21.5. The smallest absolute Gasteiger partial charge is 0.258 e. The highest BCUT2D eigenvalue weighted by Gasteiger charge is 2.13. The number of rotatable bonds is 5. The molecule has 3 rings (SSSR count). The van der Waals surface area contributed by atoms with Gasteiger partial charge in [-0.2, -0.15) is 0 Å². The fraction of sp³-hybridized carbons (Fsp3) is 0.0870. The molecule has 0 radical (unpaired) electrons. The van der Waals surface area contributed by atoms with E-state index >= 15 is 0 Å². The zero-order chi connectivity index (χ0) is 21.5. The van der Waals surface area contributed by atoms with Crippen LogP contribution < -0.4 is 16.0 Å². The molecule has 0 aliphatic heterocycles. The number of carbonyl (C=O) groups excluding carboxylic acids is 2. The van der Waals surface area contributed by atoms with Crippen LogP contribution in [0.2, 0.25) is 5.02 Å². The minimum atomic E-state index is -0.413. The average molecular weight is 438 g/mol. The first-order chi connectivity index (χ1) is 14.4. The number of carbonyl (C=O) groups is 2. The van der Waals surface area contributed by atoms with E-state index in [4.69, 9.17) is 23.8 Å². The van der Waals surface area contributed by atoms with Crippen LogP contribution in [0.5, 0.6) is 0 Å². The zero-order valence-electron chi connectivity index (χ0n) is 16.2. The van der Waals surface area contributed by atoms with Crippen molar-refractivity contribution in [2.75, 3.05) is 5.32 Å². The van der Waals surface area contributed by atoms with E-state index < -0.39 is 5.91 Å². The second kappa shape index (κ2) is 10.0. The van der Waals surface area contributed by atoms with Crippen LogP contribution in [0.1, 0.15) is 39.2 Å². The number of thiocarbonyl (C=S) groups is 1. The molecule has 0 saturated carbocycles. The van der Waals surface area contributed by atoms with E-state index in [-0.39, 0.29) is 17.1 Å². The van der Waals surface area contributed by atoms with Crippen molar-refractivity contribution in [1.82, 2.24) is 10.6 Å². The van der Waals surface area contributed by atoms with Crippen LogP contribution in [-0.2, 0) is 0 Å². The Hall–Kier alpha value is -3.22. The van der Waals surface area contributed by atoms with Crippen LogP contribution in [0.25, 0.3) is 0 Å². The van der Waals surface area contributed by atoms with Crippen molar-refractivity contribution >= 4 is 46.4 Å². The molecule has 3 aromatic carbocycles. The number of hydrogen-bond acceptors (Lipinski definition) is 3. The molecule has 0 spiro atoms. The molecule has 5 nitrogen and oxygen atoms in total. The molecule has 0 saturated heterocycles. The van der Waals surface area contributed by atoms with Crippen molar-refractivity contribution in [2.24, 2.45) is 0 Å². The summed E-state index contributed by atoms with van der Waals surface area (Å²) in [5.74, 6) is -0.621. The number of benzene rings is 3. The topological polar surface area (TPSA) is 70.2 Å². The van der Waals surface area contributed by atoms with Gasteiger partial charge >= 0.3 is 0 Å². The maximum absolute atomic E-state index is 12.6. The van der Waals surface area contributed by atoms with Gasteiger partial charge in [0, 0.05) is 11.3 Å². The Morgan fingerprint density at radius 1 is 0.900 bits per heavy atom. The quantitative estimate of drug-likeness (QED) is 0.493. The molecule has 2 amide bonds. The van der Waals surface area contributed by atoms with Gasteiger partial charge < -0.3 is 10.6 Å². The van der Waals surface area contributed by atoms with Crippen LogP contribution in [-0.4, -0.2) is 16.9 Å². The molecule has 0 heterocycles. The predicted octanol–water partition coefficient (Wildman–Crippen LogP) is 4.96. The Labute approximate surface area is 185 Å². The lowest BCUT2D eigenvalue weighted by Gasteiger charge is -2.15. The summed E-state index contributed by atoms with van der Waals surface area (Å²) in [6.07, 6.45) is 0. The van der Waals surface area contributed by atoms with E-state index in [9.17, 15) is 9.59 Å². The average Bonchev–Trinajstić information content (AvgIpc) is 2.74. The summed E-state index contributed by atoms with van der Waals surface area (Å²) < 4.78 is 0. The fourth-order valence-electron chi connectivity index (χ4n) is 2.82. The minimum absolute atomic E-state index is 0.107. The number of nitrogens with one attached hydrogen (secondary N) is 3. The summed E-state index contributed by atoms with van der Waals surface area (Å²) in [6, 6.07) is 23.2. The third kappa shape index (κ3) is 5.65. The highest BCUT2D eigenvalue weighted by Crippen LogP contribution is 2.16. The van der Waals surface area contributed by atoms with Crippen LogP contribution >= 0.6 is 23.8 Å². The summed E-state index contributed by atoms with van der Waals surface area (Å²) in [5, 5.41) is 8.92. The summed E-state index contributed by atoms with van der Waals surface area (Å²) in [4.78, 5) is 24.9. The predicted molar refractivity (Wildman–Crippen MR) is 124 cm³/mol. The molecule has 0 aliphatic rings. The van der Waals surface area contributed by atoms with Gasteiger partial charge in [-0.1, -0.05) is 60.1 Å². The van der Waals surface area contributed by atoms with Crippen LogP contribution in [0.4, 0.5) is 5.69 Å². The van der Waals surface area contributed by atoms with E-state index in [2.05, 4.69) is 16.0 Å². The van der Waals surface area contributed by atoms with Gasteiger partial charge in [-0.3, -0.25) is 14.9 Å². The van der Waals surface area contributed by atoms with Crippen molar-refractivity contribution in [2.45, 2.75) is 13.0 Å². The van der Waals surface area contributed by atoms with Crippen molar-refractivity contribution in [3.63, 3.8) is 0 Å². The molecule has 0 aliphatic carbocycles. The molecule has 0 fully saturated rings. The fourth-order valence-corrected chi connectivity index (χ4v) is 3.25. The van der Waals surface area contributed by atoms with Gasteiger partial charge in [-0.15, -0.1) is 0 Å². The summed E-state index contributed by atoms with van der Waals surface area (Å²) in [6.45, 7) is 1.93. The van der Waals surface area contributed by atoms with Gasteiger partial charge in [0.2, 0.25) is 0 Å². The number of amides is 2. The van der Waals surface area contributed by atoms with Gasteiger partial charge in [0.25, 0.3) is 11.8 Å². The van der Waals surface area contributed by atoms with E-state index in [1.54, 1.807) is 48.5 Å². The minimum Gasteiger partial charge on any atom is -0.346 e. The maximum atomic E-state index is 12.6. The molecular weight excluding hydrogens is 418 g/mol. The lowest BCUT2D eigenvalue weighted by molar-refractivity contribution is 0.0938. The normalized spacial score (nSPS) is 11.3. The van der Waals surface area contributed by atoms with Crippen molar-refractivity contribution in [3.05, 3.63) is 101 Å². The molecule has 3 aromatic rings. The van der Waals surface area contributed by atoms with E-state index in [1.165, 1.54) is 0 Å². The first-order valence-electron chi connectivity index (χ1n) is 9.27. The van der Waals surface area contributed by atoms with Crippen molar-refractivity contribution in [1.29, 1.82) is 0 Å². The molecule has 1 atom stereocenters. The molecule has 0 aromatic heterocycles. The monoisotopic (exact) mass is 437 g/mol. The molecule has 30 heavy (non-hydrogen) atoms. The Morgan fingerprint density at radius 2 is 1.60 bits per heavy atom. The van der Waals surface area contributed by atoms with Crippen LogP contribution in [0.15, 0.2) is 78.9 Å². The Bertz CT molecular complexity index is 1070. The number of anilines is 1. The lowest BCUT2D eigenvalue weighted by Crippen LogP contribution is -2.34. The number of hydrogen-bond donors (Lipinski definition) is 3. The van der Waals surface area contributed by atoms with Crippen molar-refractivity contribution < 1.29 is 9.59 Å². The SMILES string of the molecule is CC(NC(=O)c1cccc(NC(=S)NC(=O)c2ccccc2Cl)c1)c1ccccc1. The molecule has 1 unspecified atom stereocenters. The summed E-state index contributed by atoms with van der Waals surface area (Å²) in [7, 11) is 0.